The van der Waals surface area contributed by atoms with E-state index in [2.05, 4.69) is 41.8 Å². The SMILES string of the molecule is COC[C@@H](NC(=O)[C@@H](NC(=O)[C@H](CCCc1ccc(-c2cccc(OC)c2)c(C)c1)CC(O)OC(C)(C)C)C(C)(C)C)c1ccccc1. The fraction of sp³-hybridized carbons (Fsp3) is 0.500. The van der Waals surface area contributed by atoms with Crippen molar-refractivity contribution in [1.29, 1.82) is 0 Å². The fourth-order valence-corrected chi connectivity index (χ4v) is 5.87. The number of ether oxygens (including phenoxy) is 3. The zero-order valence-electron chi connectivity index (χ0n) is 30.3. The predicted molar refractivity (Wildman–Crippen MR) is 192 cm³/mol. The Balaban J connectivity index is 1.76. The molecule has 3 aromatic carbocycles. The van der Waals surface area contributed by atoms with Crippen LogP contribution >= 0.6 is 0 Å². The number of aliphatic hydroxyl groups excluding tert-OH is 1. The standard InChI is InChI=1S/C40H56N2O6/c1-27-23-28(21-22-33(27)30-18-14-20-32(24-30)47-9)15-13-19-31(25-35(43)48-40(5,6)7)37(44)42-36(39(2,3)4)38(45)41-34(26-46-8)29-16-11-10-12-17-29/h10-12,14,16-18,20-24,31,34-36,43H,13,15,19,25-26H2,1-9H3,(H,41,45)(H,42,44)/t31-,34-,35?,36-/m1/s1. The maximum Gasteiger partial charge on any atom is 0.243 e. The largest absolute Gasteiger partial charge is 0.497 e. The molecule has 48 heavy (non-hydrogen) atoms. The number of aliphatic hydroxyl groups is 1. The third kappa shape index (κ3) is 12.1. The molecule has 0 spiro atoms. The Labute approximate surface area is 287 Å². The summed E-state index contributed by atoms with van der Waals surface area (Å²) in [5.74, 6) is -0.330. The van der Waals surface area contributed by atoms with E-state index in [-0.39, 0.29) is 24.3 Å². The third-order valence-electron chi connectivity index (χ3n) is 8.30. The van der Waals surface area contributed by atoms with E-state index >= 15 is 0 Å². The van der Waals surface area contributed by atoms with Gasteiger partial charge < -0.3 is 30.0 Å². The Morgan fingerprint density at radius 2 is 1.56 bits per heavy atom. The van der Waals surface area contributed by atoms with Gasteiger partial charge in [-0.2, -0.15) is 0 Å². The number of hydrogen-bond donors (Lipinski definition) is 3. The summed E-state index contributed by atoms with van der Waals surface area (Å²) in [5, 5.41) is 17.0. The molecule has 0 heterocycles. The lowest BCUT2D eigenvalue weighted by Gasteiger charge is -2.33. The van der Waals surface area contributed by atoms with Gasteiger partial charge >= 0.3 is 0 Å². The summed E-state index contributed by atoms with van der Waals surface area (Å²) in [4.78, 5) is 27.7. The highest BCUT2D eigenvalue weighted by molar-refractivity contribution is 5.89. The second-order valence-electron chi connectivity index (χ2n) is 14.6. The second kappa shape index (κ2) is 17.6. The molecule has 8 nitrogen and oxygen atoms in total. The van der Waals surface area contributed by atoms with Crippen molar-refractivity contribution in [2.45, 2.75) is 98.1 Å². The van der Waals surface area contributed by atoms with Crippen LogP contribution in [0, 0.1) is 18.3 Å². The van der Waals surface area contributed by atoms with E-state index < -0.39 is 29.3 Å². The summed E-state index contributed by atoms with van der Waals surface area (Å²) < 4.78 is 16.6. The van der Waals surface area contributed by atoms with Crippen LogP contribution in [0.25, 0.3) is 11.1 Å². The molecule has 1 unspecified atom stereocenters. The molecule has 0 aliphatic rings. The Morgan fingerprint density at radius 3 is 2.17 bits per heavy atom. The fourth-order valence-electron chi connectivity index (χ4n) is 5.87. The van der Waals surface area contributed by atoms with Gasteiger partial charge in [-0.3, -0.25) is 9.59 Å². The molecule has 3 rings (SSSR count). The molecule has 0 aromatic heterocycles. The highest BCUT2D eigenvalue weighted by atomic mass is 16.6. The average molecular weight is 661 g/mol. The Morgan fingerprint density at radius 1 is 0.854 bits per heavy atom. The first-order valence-corrected chi connectivity index (χ1v) is 16.9. The van der Waals surface area contributed by atoms with Crippen molar-refractivity contribution in [2.75, 3.05) is 20.8 Å². The minimum atomic E-state index is -1.13. The molecule has 0 aliphatic carbocycles. The smallest absolute Gasteiger partial charge is 0.243 e. The first-order valence-electron chi connectivity index (χ1n) is 16.9. The highest BCUT2D eigenvalue weighted by Gasteiger charge is 2.36. The zero-order chi connectivity index (χ0) is 35.5. The van der Waals surface area contributed by atoms with Crippen molar-refractivity contribution in [1.82, 2.24) is 10.6 Å². The van der Waals surface area contributed by atoms with Crippen LogP contribution in [0.4, 0.5) is 0 Å². The first kappa shape index (κ1) is 38.7. The van der Waals surface area contributed by atoms with Gasteiger partial charge in [0.25, 0.3) is 0 Å². The zero-order valence-corrected chi connectivity index (χ0v) is 30.3. The lowest BCUT2D eigenvalue weighted by molar-refractivity contribution is -0.176. The number of methoxy groups -OCH3 is 2. The van der Waals surface area contributed by atoms with Crippen LogP contribution in [0.5, 0.6) is 5.75 Å². The number of rotatable bonds is 16. The van der Waals surface area contributed by atoms with Crippen molar-refractivity contribution in [2.24, 2.45) is 11.3 Å². The third-order valence-corrected chi connectivity index (χ3v) is 8.30. The van der Waals surface area contributed by atoms with E-state index in [4.69, 9.17) is 14.2 Å². The quantitative estimate of drug-likeness (QED) is 0.141. The molecule has 2 amide bonds. The van der Waals surface area contributed by atoms with Gasteiger partial charge in [-0.1, -0.05) is 81.4 Å². The van der Waals surface area contributed by atoms with Gasteiger partial charge in [0, 0.05) is 19.4 Å². The Bertz CT molecular complexity index is 1460. The Kier molecular flexibility index (Phi) is 14.2. The molecule has 3 aromatic rings. The minimum Gasteiger partial charge on any atom is -0.497 e. The van der Waals surface area contributed by atoms with Crippen molar-refractivity contribution >= 4 is 11.8 Å². The summed E-state index contributed by atoms with van der Waals surface area (Å²) >= 11 is 0. The maximum atomic E-state index is 13.9. The van der Waals surface area contributed by atoms with Crippen LogP contribution in [0.2, 0.25) is 0 Å². The summed E-state index contributed by atoms with van der Waals surface area (Å²) in [7, 11) is 3.26. The molecule has 3 N–H and O–H groups in total. The van der Waals surface area contributed by atoms with E-state index in [0.717, 1.165) is 34.4 Å². The van der Waals surface area contributed by atoms with E-state index in [1.165, 1.54) is 5.56 Å². The first-order chi connectivity index (χ1) is 22.6. The number of carbonyl (C=O) groups is 2. The van der Waals surface area contributed by atoms with Gasteiger partial charge in [-0.05, 0) is 92.3 Å². The molecule has 0 aliphatic heterocycles. The molecular formula is C40H56N2O6. The van der Waals surface area contributed by atoms with Crippen molar-refractivity contribution < 1.29 is 28.9 Å². The number of hydrogen-bond acceptors (Lipinski definition) is 6. The van der Waals surface area contributed by atoms with Crippen LogP contribution < -0.4 is 15.4 Å². The number of benzene rings is 3. The van der Waals surface area contributed by atoms with E-state index in [0.29, 0.717) is 19.4 Å². The summed E-state index contributed by atoms with van der Waals surface area (Å²) in [6.07, 6.45) is 0.983. The predicted octanol–water partition coefficient (Wildman–Crippen LogP) is 7.17. The lowest BCUT2D eigenvalue weighted by atomic mass is 9.85. The van der Waals surface area contributed by atoms with Gasteiger partial charge in [0.05, 0.1) is 25.4 Å². The Hall–Kier alpha value is -3.72. The van der Waals surface area contributed by atoms with Gasteiger partial charge in [0.1, 0.15) is 11.8 Å². The molecule has 4 atom stereocenters. The van der Waals surface area contributed by atoms with Gasteiger partial charge in [0.15, 0.2) is 6.29 Å². The topological polar surface area (TPSA) is 106 Å². The van der Waals surface area contributed by atoms with E-state index in [1.807, 2.05) is 90.1 Å². The molecule has 0 bridgehead atoms. The number of nitrogens with one attached hydrogen (secondary N) is 2. The van der Waals surface area contributed by atoms with Gasteiger partial charge in [-0.25, -0.2) is 0 Å². The van der Waals surface area contributed by atoms with Gasteiger partial charge in [-0.15, -0.1) is 0 Å². The van der Waals surface area contributed by atoms with Crippen molar-refractivity contribution in [3.05, 3.63) is 89.5 Å². The van der Waals surface area contributed by atoms with Gasteiger partial charge in [0.2, 0.25) is 11.8 Å². The molecule has 0 fully saturated rings. The normalized spacial score (nSPS) is 14.5. The number of carbonyl (C=O) groups excluding carboxylic acids is 2. The van der Waals surface area contributed by atoms with Crippen LogP contribution in [0.3, 0.4) is 0 Å². The molecular weight excluding hydrogens is 604 g/mol. The molecule has 0 saturated carbocycles. The van der Waals surface area contributed by atoms with Crippen molar-refractivity contribution in [3.63, 3.8) is 0 Å². The minimum absolute atomic E-state index is 0.117. The van der Waals surface area contributed by atoms with Crippen LogP contribution in [-0.4, -0.2) is 55.7 Å². The van der Waals surface area contributed by atoms with Crippen LogP contribution in [0.15, 0.2) is 72.8 Å². The number of aryl methyl sites for hydroxylation is 2. The maximum absolute atomic E-state index is 13.9. The highest BCUT2D eigenvalue weighted by Crippen LogP contribution is 2.29. The number of amides is 2. The molecule has 8 heteroatoms. The molecule has 262 valence electrons. The summed E-state index contributed by atoms with van der Waals surface area (Å²) in [6, 6.07) is 22.9. The molecule has 0 saturated heterocycles. The molecule has 0 radical (unpaired) electrons. The second-order valence-corrected chi connectivity index (χ2v) is 14.6. The van der Waals surface area contributed by atoms with E-state index in [1.54, 1.807) is 14.2 Å². The monoisotopic (exact) mass is 660 g/mol. The summed E-state index contributed by atoms with van der Waals surface area (Å²) in [5.41, 5.74) is 4.32. The van der Waals surface area contributed by atoms with E-state index in [9.17, 15) is 14.7 Å². The van der Waals surface area contributed by atoms with Crippen LogP contribution in [0.1, 0.15) is 83.5 Å². The van der Waals surface area contributed by atoms with Crippen LogP contribution in [-0.2, 0) is 25.5 Å². The lowest BCUT2D eigenvalue weighted by Crippen LogP contribution is -2.55. The van der Waals surface area contributed by atoms with Crippen molar-refractivity contribution in [3.8, 4) is 16.9 Å². The average Bonchev–Trinajstić information content (AvgIpc) is 3.01. The summed E-state index contributed by atoms with van der Waals surface area (Å²) in [6.45, 7) is 13.8.